The van der Waals surface area contributed by atoms with Gasteiger partial charge in [-0.3, -0.25) is 0 Å². The number of nitrogens with zero attached hydrogens (tertiary/aromatic N) is 2. The third-order valence-corrected chi connectivity index (χ3v) is 2.82. The highest BCUT2D eigenvalue weighted by molar-refractivity contribution is 9.08. The topological polar surface area (TPSA) is 35.0 Å². The second kappa shape index (κ2) is 5.23. The summed E-state index contributed by atoms with van der Waals surface area (Å²) in [6, 6.07) is 4.56. The van der Waals surface area contributed by atoms with Crippen LogP contribution in [-0.2, 0) is 5.33 Å². The van der Waals surface area contributed by atoms with Crippen LogP contribution < -0.4 is 4.74 Å². The summed E-state index contributed by atoms with van der Waals surface area (Å²) >= 11 is 3.31. The molecule has 0 radical (unpaired) electrons. The van der Waals surface area contributed by atoms with Crippen molar-refractivity contribution in [1.82, 2.24) is 9.97 Å². The molecule has 0 atom stereocenters. The molecule has 0 aliphatic heterocycles. The van der Waals surface area contributed by atoms with E-state index in [1.807, 2.05) is 0 Å². The first-order chi connectivity index (χ1) is 8.19. The zero-order valence-electron chi connectivity index (χ0n) is 9.15. The van der Waals surface area contributed by atoms with Crippen LogP contribution in [0, 0.1) is 12.7 Å². The van der Waals surface area contributed by atoms with Crippen LogP contribution in [0.2, 0.25) is 0 Å². The monoisotopic (exact) mass is 296 g/mol. The van der Waals surface area contributed by atoms with E-state index in [1.165, 1.54) is 12.1 Å². The quantitative estimate of drug-likeness (QED) is 0.812. The molecule has 2 aromatic rings. The van der Waals surface area contributed by atoms with Crippen LogP contribution in [0.15, 0.2) is 30.6 Å². The van der Waals surface area contributed by atoms with Crippen LogP contribution in [0.3, 0.4) is 0 Å². The number of aromatic nitrogens is 2. The Morgan fingerprint density at radius 2 is 2.00 bits per heavy atom. The van der Waals surface area contributed by atoms with E-state index in [-0.39, 0.29) is 11.8 Å². The molecule has 17 heavy (non-hydrogen) atoms. The molecule has 5 heteroatoms. The molecule has 0 bridgehead atoms. The Hall–Kier alpha value is -1.49. The number of rotatable bonds is 3. The predicted molar refractivity (Wildman–Crippen MR) is 65.9 cm³/mol. The zero-order valence-corrected chi connectivity index (χ0v) is 10.7. The molecular weight excluding hydrogens is 287 g/mol. The molecule has 2 rings (SSSR count). The minimum Gasteiger partial charge on any atom is -0.424 e. The lowest BCUT2D eigenvalue weighted by Crippen LogP contribution is -1.94. The number of aryl methyl sites for hydroxylation is 1. The molecule has 0 saturated carbocycles. The van der Waals surface area contributed by atoms with E-state index < -0.39 is 0 Å². The fraction of sp³-hybridized carbons (Fsp3) is 0.167. The average molecular weight is 297 g/mol. The van der Waals surface area contributed by atoms with E-state index in [1.54, 1.807) is 25.4 Å². The van der Waals surface area contributed by atoms with E-state index >= 15 is 0 Å². The van der Waals surface area contributed by atoms with Crippen molar-refractivity contribution in [1.29, 1.82) is 0 Å². The summed E-state index contributed by atoms with van der Waals surface area (Å²) < 4.78 is 18.4. The SMILES string of the molecule is Cc1cc(F)ccc1Oc1ncc(CBr)cn1. The molecule has 0 aliphatic rings. The lowest BCUT2D eigenvalue weighted by molar-refractivity contribution is 0.436. The van der Waals surface area contributed by atoms with E-state index in [2.05, 4.69) is 25.9 Å². The van der Waals surface area contributed by atoms with Gasteiger partial charge in [-0.15, -0.1) is 0 Å². The molecule has 1 aromatic heterocycles. The zero-order chi connectivity index (χ0) is 12.3. The van der Waals surface area contributed by atoms with Gasteiger partial charge in [0, 0.05) is 17.7 Å². The molecule has 0 N–H and O–H groups in total. The average Bonchev–Trinajstić information content (AvgIpc) is 2.34. The Bertz CT molecular complexity index is 516. The Labute approximate surface area is 107 Å². The fourth-order valence-corrected chi connectivity index (χ4v) is 1.58. The van der Waals surface area contributed by atoms with Crippen molar-refractivity contribution < 1.29 is 9.13 Å². The predicted octanol–water partition coefficient (Wildman–Crippen LogP) is 3.61. The molecule has 0 aliphatic carbocycles. The standard InChI is InChI=1S/C12H10BrFN2O/c1-8-4-10(14)2-3-11(8)17-12-15-6-9(5-13)7-16-12/h2-4,6-7H,5H2,1H3. The van der Waals surface area contributed by atoms with Crippen LogP contribution in [0.5, 0.6) is 11.8 Å². The van der Waals surface area contributed by atoms with Crippen LogP contribution >= 0.6 is 15.9 Å². The number of hydrogen-bond donors (Lipinski definition) is 0. The molecule has 1 heterocycles. The molecule has 0 unspecified atom stereocenters. The van der Waals surface area contributed by atoms with Crippen LogP contribution in [0.25, 0.3) is 0 Å². The minimum absolute atomic E-state index is 0.254. The normalized spacial score (nSPS) is 10.3. The van der Waals surface area contributed by atoms with E-state index in [0.29, 0.717) is 16.6 Å². The van der Waals surface area contributed by atoms with Gasteiger partial charge in [-0.05, 0) is 36.2 Å². The first-order valence-electron chi connectivity index (χ1n) is 5.00. The maximum absolute atomic E-state index is 12.9. The summed E-state index contributed by atoms with van der Waals surface area (Å²) in [5.74, 6) is 0.267. The van der Waals surface area contributed by atoms with Crippen LogP contribution in [0.1, 0.15) is 11.1 Å². The molecule has 0 amide bonds. The van der Waals surface area contributed by atoms with Crippen LogP contribution in [0.4, 0.5) is 4.39 Å². The molecule has 1 aromatic carbocycles. The van der Waals surface area contributed by atoms with Crippen molar-refractivity contribution in [3.63, 3.8) is 0 Å². The smallest absolute Gasteiger partial charge is 0.321 e. The fourth-order valence-electron chi connectivity index (χ4n) is 1.29. The number of benzene rings is 1. The van der Waals surface area contributed by atoms with Gasteiger partial charge in [-0.25, -0.2) is 14.4 Å². The van der Waals surface area contributed by atoms with E-state index in [0.717, 1.165) is 5.56 Å². The summed E-state index contributed by atoms with van der Waals surface area (Å²) in [6.07, 6.45) is 3.35. The van der Waals surface area contributed by atoms with Gasteiger partial charge in [0.05, 0.1) is 0 Å². The van der Waals surface area contributed by atoms with Gasteiger partial charge < -0.3 is 4.74 Å². The summed E-state index contributed by atoms with van der Waals surface area (Å²) in [7, 11) is 0. The Balaban J connectivity index is 2.19. The first-order valence-corrected chi connectivity index (χ1v) is 6.12. The van der Waals surface area contributed by atoms with Crippen LogP contribution in [-0.4, -0.2) is 9.97 Å². The van der Waals surface area contributed by atoms with Gasteiger partial charge >= 0.3 is 6.01 Å². The van der Waals surface area contributed by atoms with E-state index in [9.17, 15) is 4.39 Å². The van der Waals surface area contributed by atoms with Crippen molar-refractivity contribution in [2.45, 2.75) is 12.3 Å². The second-order valence-electron chi connectivity index (χ2n) is 3.52. The van der Waals surface area contributed by atoms with Crippen molar-refractivity contribution in [3.05, 3.63) is 47.5 Å². The molecule has 88 valence electrons. The highest BCUT2D eigenvalue weighted by Gasteiger charge is 2.04. The number of alkyl halides is 1. The van der Waals surface area contributed by atoms with Gasteiger partial charge in [0.1, 0.15) is 11.6 Å². The van der Waals surface area contributed by atoms with Crippen molar-refractivity contribution >= 4 is 15.9 Å². The van der Waals surface area contributed by atoms with Gasteiger partial charge in [0.25, 0.3) is 0 Å². The summed E-state index contributed by atoms with van der Waals surface area (Å²) in [5, 5.41) is 0.697. The summed E-state index contributed by atoms with van der Waals surface area (Å²) in [5.41, 5.74) is 1.67. The number of ether oxygens (including phenoxy) is 1. The minimum atomic E-state index is -0.287. The van der Waals surface area contributed by atoms with Crippen molar-refractivity contribution in [3.8, 4) is 11.8 Å². The third-order valence-electron chi connectivity index (χ3n) is 2.17. The van der Waals surface area contributed by atoms with Crippen molar-refractivity contribution in [2.75, 3.05) is 0 Å². The molecule has 0 fully saturated rings. The summed E-state index contributed by atoms with van der Waals surface area (Å²) in [4.78, 5) is 8.10. The molecule has 3 nitrogen and oxygen atoms in total. The highest BCUT2D eigenvalue weighted by Crippen LogP contribution is 2.22. The van der Waals surface area contributed by atoms with Crippen molar-refractivity contribution in [2.24, 2.45) is 0 Å². The lowest BCUT2D eigenvalue weighted by atomic mass is 10.2. The number of halogens is 2. The second-order valence-corrected chi connectivity index (χ2v) is 4.08. The maximum Gasteiger partial charge on any atom is 0.321 e. The molecule has 0 spiro atoms. The molecular formula is C12H10BrFN2O. The van der Waals surface area contributed by atoms with Gasteiger partial charge in [-0.2, -0.15) is 0 Å². The lowest BCUT2D eigenvalue weighted by Gasteiger charge is -2.06. The Morgan fingerprint density at radius 3 is 2.59 bits per heavy atom. The van der Waals surface area contributed by atoms with E-state index in [4.69, 9.17) is 4.74 Å². The third kappa shape index (κ3) is 3.00. The first kappa shape index (κ1) is 12.0. The Morgan fingerprint density at radius 1 is 1.29 bits per heavy atom. The highest BCUT2D eigenvalue weighted by atomic mass is 79.9. The van der Waals surface area contributed by atoms with Gasteiger partial charge in [0.15, 0.2) is 0 Å². The van der Waals surface area contributed by atoms with Gasteiger partial charge in [-0.1, -0.05) is 15.9 Å². The largest absolute Gasteiger partial charge is 0.424 e. The molecule has 0 saturated heterocycles. The Kier molecular flexibility index (Phi) is 3.68. The van der Waals surface area contributed by atoms with Gasteiger partial charge in [0.2, 0.25) is 0 Å². The summed E-state index contributed by atoms with van der Waals surface area (Å²) in [6.45, 7) is 1.77. The maximum atomic E-state index is 12.9. The number of hydrogen-bond acceptors (Lipinski definition) is 3.